The second-order valence-corrected chi connectivity index (χ2v) is 16.9. The van der Waals surface area contributed by atoms with E-state index >= 15 is 0 Å². The number of H-pyrrole nitrogens is 1. The zero-order valence-electron chi connectivity index (χ0n) is 31.6. The van der Waals surface area contributed by atoms with E-state index in [0.29, 0.717) is 10.9 Å². The summed E-state index contributed by atoms with van der Waals surface area (Å²) < 4.78 is 42.7. The molecule has 0 bridgehead atoms. The average molecular weight is 804 g/mol. The van der Waals surface area contributed by atoms with Crippen LogP contribution in [0, 0.1) is 12.8 Å². The molecule has 0 spiro atoms. The zero-order valence-corrected chi connectivity index (χ0v) is 33.2. The topological polar surface area (TPSA) is 156 Å². The van der Waals surface area contributed by atoms with E-state index in [1.807, 2.05) is 104 Å². The molecule has 1 amide bonds. The van der Waals surface area contributed by atoms with Crippen molar-refractivity contribution < 1.29 is 27.8 Å². The summed E-state index contributed by atoms with van der Waals surface area (Å²) in [4.78, 5) is 18.1. The standard InChI is InChI=1S/C44H45N5O6S2/c1-29-14-20-38(21-15-29)57(52,53)49-39(23-31-8-4-3-5-9-31)42(51)45-25-33-10-6-11-35(22-33)36-12-7-13-37(24-36)43-54-40(27-56-44-46-28-47-48-44)30(2)41(55-43)34-18-16-32(26-50)17-19-34/h3-22,24,28,30,39-41,43,49-50H,23,25-27H2,1-2H3,(H,45,51)(H,46,47,48). The molecule has 57 heavy (non-hydrogen) atoms. The minimum atomic E-state index is -3.97. The van der Waals surface area contributed by atoms with Gasteiger partial charge in [-0.15, -0.1) is 0 Å². The van der Waals surface area contributed by atoms with Crippen molar-refractivity contribution in [2.24, 2.45) is 5.92 Å². The number of hydrogen-bond acceptors (Lipinski definition) is 9. The lowest BCUT2D eigenvalue weighted by atomic mass is 9.91. The maximum Gasteiger partial charge on any atom is 0.241 e. The molecule has 6 aromatic rings. The molecule has 5 unspecified atom stereocenters. The third-order valence-electron chi connectivity index (χ3n) is 10.0. The van der Waals surface area contributed by atoms with E-state index < -0.39 is 28.3 Å². The number of carbonyl (C=O) groups is 1. The Kier molecular flexibility index (Phi) is 12.9. The van der Waals surface area contributed by atoms with Crippen LogP contribution in [0.4, 0.5) is 0 Å². The molecule has 2 heterocycles. The summed E-state index contributed by atoms with van der Waals surface area (Å²) in [5.74, 6) is 0.213. The van der Waals surface area contributed by atoms with Gasteiger partial charge in [-0.1, -0.05) is 127 Å². The van der Waals surface area contributed by atoms with Crippen LogP contribution in [0.5, 0.6) is 0 Å². The first-order valence-corrected chi connectivity index (χ1v) is 21.2. The number of rotatable bonds is 15. The lowest BCUT2D eigenvalue weighted by Crippen LogP contribution is -2.47. The normalized spacial score (nSPS) is 18.9. The van der Waals surface area contributed by atoms with Gasteiger partial charge in [0, 0.05) is 23.8 Å². The Morgan fingerprint density at radius 2 is 1.56 bits per heavy atom. The molecule has 1 saturated heterocycles. The zero-order chi connectivity index (χ0) is 39.8. The Labute approximate surface area is 337 Å². The van der Waals surface area contributed by atoms with Crippen LogP contribution in [0.15, 0.2) is 144 Å². The highest BCUT2D eigenvalue weighted by Crippen LogP contribution is 2.43. The maximum absolute atomic E-state index is 13.7. The first-order valence-electron chi connectivity index (χ1n) is 18.7. The molecule has 1 aliphatic rings. The van der Waals surface area contributed by atoms with E-state index in [9.17, 15) is 18.3 Å². The van der Waals surface area contributed by atoms with Crippen molar-refractivity contribution in [1.82, 2.24) is 25.2 Å². The average Bonchev–Trinajstić information content (AvgIpc) is 3.77. The minimum Gasteiger partial charge on any atom is -0.392 e. The molecule has 13 heteroatoms. The Bertz CT molecular complexity index is 2340. The number of ether oxygens (including phenoxy) is 2. The Hall–Kier alpha value is -5.15. The van der Waals surface area contributed by atoms with Crippen molar-refractivity contribution in [3.8, 4) is 11.1 Å². The van der Waals surface area contributed by atoms with Crippen molar-refractivity contribution >= 4 is 27.7 Å². The molecule has 7 rings (SSSR count). The minimum absolute atomic E-state index is 0.0110. The molecule has 1 aliphatic heterocycles. The van der Waals surface area contributed by atoms with Gasteiger partial charge in [-0.3, -0.25) is 9.89 Å². The first-order chi connectivity index (χ1) is 27.6. The summed E-state index contributed by atoms with van der Waals surface area (Å²) >= 11 is 1.54. The van der Waals surface area contributed by atoms with Gasteiger partial charge < -0.3 is 19.9 Å². The van der Waals surface area contributed by atoms with Crippen LogP contribution < -0.4 is 10.0 Å². The molecule has 5 atom stereocenters. The highest BCUT2D eigenvalue weighted by atomic mass is 32.2. The number of aryl methyl sites for hydroxylation is 1. The number of carbonyl (C=O) groups excluding carboxylic acids is 1. The highest BCUT2D eigenvalue weighted by molar-refractivity contribution is 7.99. The van der Waals surface area contributed by atoms with Gasteiger partial charge in [0.05, 0.1) is 23.7 Å². The molecule has 1 aromatic heterocycles. The van der Waals surface area contributed by atoms with Gasteiger partial charge in [-0.05, 0) is 71.0 Å². The Morgan fingerprint density at radius 3 is 2.28 bits per heavy atom. The van der Waals surface area contributed by atoms with Crippen molar-refractivity contribution in [3.63, 3.8) is 0 Å². The summed E-state index contributed by atoms with van der Waals surface area (Å²) in [5.41, 5.74) is 7.18. The van der Waals surface area contributed by atoms with Crippen LogP contribution >= 0.6 is 11.8 Å². The van der Waals surface area contributed by atoms with Crippen LogP contribution in [0.25, 0.3) is 11.1 Å². The fraction of sp³-hybridized carbons (Fsp3) is 0.250. The molecule has 294 valence electrons. The lowest BCUT2D eigenvalue weighted by Gasteiger charge is -2.41. The van der Waals surface area contributed by atoms with E-state index in [1.165, 1.54) is 18.5 Å². The van der Waals surface area contributed by atoms with E-state index in [4.69, 9.17) is 9.47 Å². The van der Waals surface area contributed by atoms with Crippen molar-refractivity contribution in [1.29, 1.82) is 0 Å². The quantitative estimate of drug-likeness (QED) is 0.0799. The fourth-order valence-corrected chi connectivity index (χ4v) is 8.92. The maximum atomic E-state index is 13.7. The van der Waals surface area contributed by atoms with E-state index in [1.54, 1.807) is 23.9 Å². The third-order valence-corrected chi connectivity index (χ3v) is 12.5. The molecular weight excluding hydrogens is 759 g/mol. The first kappa shape index (κ1) is 40.1. The van der Waals surface area contributed by atoms with Crippen LogP contribution in [0.1, 0.15) is 52.7 Å². The number of sulfonamides is 1. The van der Waals surface area contributed by atoms with Crippen molar-refractivity contribution in [2.45, 2.75) is 68.0 Å². The van der Waals surface area contributed by atoms with E-state index in [-0.39, 0.29) is 42.6 Å². The molecule has 0 radical (unpaired) electrons. The molecule has 11 nitrogen and oxygen atoms in total. The molecule has 5 aromatic carbocycles. The summed E-state index contributed by atoms with van der Waals surface area (Å²) in [7, 11) is -3.97. The second kappa shape index (κ2) is 18.4. The van der Waals surface area contributed by atoms with Crippen LogP contribution in [0.3, 0.4) is 0 Å². The number of aromatic amines is 1. The highest BCUT2D eigenvalue weighted by Gasteiger charge is 2.38. The van der Waals surface area contributed by atoms with Crippen LogP contribution in [-0.2, 0) is 43.9 Å². The SMILES string of the molecule is Cc1ccc(S(=O)(=O)NC(Cc2ccccc2)C(=O)NCc2cccc(-c3cccc(C4OC(CSc5ncn[nH]5)C(C)C(c5ccc(CO)cc5)O4)c3)c2)cc1. The summed E-state index contributed by atoms with van der Waals surface area (Å²) in [5, 5.41) is 20.2. The number of nitrogens with one attached hydrogen (secondary N) is 3. The molecule has 1 fully saturated rings. The number of amides is 1. The Morgan fingerprint density at radius 1 is 0.842 bits per heavy atom. The number of hydrogen-bond donors (Lipinski definition) is 4. The van der Waals surface area contributed by atoms with Crippen LogP contribution in [-0.4, -0.2) is 52.5 Å². The number of nitrogens with zero attached hydrogens (tertiary/aromatic N) is 2. The third kappa shape index (κ3) is 10.2. The molecule has 0 saturated carbocycles. The summed E-state index contributed by atoms with van der Waals surface area (Å²) in [6.07, 6.45) is 0.572. The summed E-state index contributed by atoms with van der Waals surface area (Å²) in [6, 6.07) is 38.6. The van der Waals surface area contributed by atoms with Gasteiger partial charge in [0.15, 0.2) is 11.4 Å². The van der Waals surface area contributed by atoms with E-state index in [0.717, 1.165) is 44.5 Å². The van der Waals surface area contributed by atoms with Crippen molar-refractivity contribution in [2.75, 3.05) is 5.75 Å². The smallest absolute Gasteiger partial charge is 0.241 e. The predicted molar refractivity (Wildman–Crippen MR) is 219 cm³/mol. The predicted octanol–water partition coefficient (Wildman–Crippen LogP) is 7.06. The number of aliphatic hydroxyl groups is 1. The number of thioether (sulfide) groups is 1. The molecular formula is C44H45N5O6S2. The van der Waals surface area contributed by atoms with Gasteiger partial charge in [0.25, 0.3) is 0 Å². The van der Waals surface area contributed by atoms with Gasteiger partial charge in [0.2, 0.25) is 15.9 Å². The van der Waals surface area contributed by atoms with Gasteiger partial charge in [-0.25, -0.2) is 13.4 Å². The van der Waals surface area contributed by atoms with Gasteiger partial charge >= 0.3 is 0 Å². The van der Waals surface area contributed by atoms with Gasteiger partial charge in [-0.2, -0.15) is 9.82 Å². The molecule has 0 aliphatic carbocycles. The monoisotopic (exact) mass is 803 g/mol. The van der Waals surface area contributed by atoms with E-state index in [2.05, 4.69) is 38.2 Å². The fourth-order valence-electron chi connectivity index (χ4n) is 6.78. The number of aromatic nitrogens is 3. The number of benzene rings is 5. The second-order valence-electron chi connectivity index (χ2n) is 14.1. The van der Waals surface area contributed by atoms with Crippen molar-refractivity contribution in [3.05, 3.63) is 167 Å². The van der Waals surface area contributed by atoms with Gasteiger partial charge in [0.1, 0.15) is 12.4 Å². The lowest BCUT2D eigenvalue weighted by molar-refractivity contribution is -0.268. The Balaban J connectivity index is 1.07. The largest absolute Gasteiger partial charge is 0.392 e. The van der Waals surface area contributed by atoms with Crippen LogP contribution in [0.2, 0.25) is 0 Å². The number of aliphatic hydroxyl groups excluding tert-OH is 1. The summed E-state index contributed by atoms with van der Waals surface area (Å²) in [6.45, 7) is 4.17. The molecule has 4 N–H and O–H groups in total.